The predicted octanol–water partition coefficient (Wildman–Crippen LogP) is 2.76. The van der Waals surface area contributed by atoms with Crippen LogP contribution in [-0.4, -0.2) is 41.0 Å². The van der Waals surface area contributed by atoms with E-state index in [1.165, 1.54) is 0 Å². The van der Waals surface area contributed by atoms with Crippen molar-refractivity contribution in [2.45, 2.75) is 31.8 Å². The van der Waals surface area contributed by atoms with Gasteiger partial charge in [-0.1, -0.05) is 11.6 Å². The molecule has 0 aliphatic carbocycles. The van der Waals surface area contributed by atoms with E-state index in [9.17, 15) is 9.90 Å². The van der Waals surface area contributed by atoms with Crippen LogP contribution in [0.3, 0.4) is 0 Å². The number of halogens is 1. The van der Waals surface area contributed by atoms with Crippen molar-refractivity contribution in [3.8, 4) is 0 Å². The highest BCUT2D eigenvalue weighted by molar-refractivity contribution is 6.30. The van der Waals surface area contributed by atoms with Gasteiger partial charge in [-0.25, -0.2) is 0 Å². The van der Waals surface area contributed by atoms with E-state index in [1.807, 2.05) is 6.92 Å². The van der Waals surface area contributed by atoms with Crippen molar-refractivity contribution >= 4 is 17.4 Å². The van der Waals surface area contributed by atoms with Crippen molar-refractivity contribution in [1.82, 2.24) is 4.90 Å². The number of β-amino-alcohol motifs (C(OH)–C–C–N with tert-alkyl or cyclic N) is 1. The molecule has 1 aliphatic heterocycles. The molecule has 3 nitrogen and oxygen atoms in total. The molecule has 1 aliphatic rings. The number of likely N-dealkylation sites (tertiary alicyclic amines) is 1. The van der Waals surface area contributed by atoms with Gasteiger partial charge >= 0.3 is 0 Å². The van der Waals surface area contributed by atoms with Crippen LogP contribution in [0.25, 0.3) is 0 Å². The largest absolute Gasteiger partial charge is 0.389 e. The molecule has 0 amide bonds. The molecule has 19 heavy (non-hydrogen) atoms. The highest BCUT2D eigenvalue weighted by Gasteiger charge is 2.28. The fraction of sp³-hybridized carbons (Fsp3) is 0.533. The van der Waals surface area contributed by atoms with Crippen molar-refractivity contribution in [3.05, 3.63) is 34.9 Å². The van der Waals surface area contributed by atoms with Crippen LogP contribution in [0.2, 0.25) is 5.02 Å². The lowest BCUT2D eigenvalue weighted by Crippen LogP contribution is -2.46. The first-order valence-corrected chi connectivity index (χ1v) is 7.08. The number of Topliss-reactive ketones (excluding diaryl/α,β-unsaturated/α-hetero) is 1. The van der Waals surface area contributed by atoms with E-state index < -0.39 is 5.60 Å². The van der Waals surface area contributed by atoms with E-state index in [0.717, 1.165) is 19.4 Å². The maximum Gasteiger partial charge on any atom is 0.164 e. The predicted molar refractivity (Wildman–Crippen MR) is 76.7 cm³/mol. The lowest BCUT2D eigenvalue weighted by molar-refractivity contribution is -0.0153. The van der Waals surface area contributed by atoms with Gasteiger partial charge in [0, 0.05) is 30.1 Å². The van der Waals surface area contributed by atoms with E-state index in [0.29, 0.717) is 30.1 Å². The van der Waals surface area contributed by atoms with Crippen LogP contribution >= 0.6 is 11.6 Å². The summed E-state index contributed by atoms with van der Waals surface area (Å²) in [7, 11) is 0. The third kappa shape index (κ3) is 4.30. The summed E-state index contributed by atoms with van der Waals surface area (Å²) in [6.45, 7) is 4.18. The van der Waals surface area contributed by atoms with Gasteiger partial charge in [0.1, 0.15) is 0 Å². The fourth-order valence-corrected chi connectivity index (χ4v) is 2.68. The number of aliphatic hydroxyl groups is 1. The first kappa shape index (κ1) is 14.5. The zero-order valence-corrected chi connectivity index (χ0v) is 12.0. The van der Waals surface area contributed by atoms with E-state index in [2.05, 4.69) is 4.90 Å². The van der Waals surface area contributed by atoms with Gasteiger partial charge in [-0.3, -0.25) is 4.79 Å². The van der Waals surface area contributed by atoms with E-state index in [-0.39, 0.29) is 5.78 Å². The molecular formula is C15H20ClNO2. The number of ketones is 1. The average Bonchev–Trinajstić information content (AvgIpc) is 2.36. The summed E-state index contributed by atoms with van der Waals surface area (Å²) in [6, 6.07) is 7.00. The van der Waals surface area contributed by atoms with Crippen LogP contribution in [0, 0.1) is 0 Å². The molecule has 1 N–H and O–H groups in total. The van der Waals surface area contributed by atoms with Crippen molar-refractivity contribution in [2.75, 3.05) is 19.6 Å². The van der Waals surface area contributed by atoms with Crippen molar-refractivity contribution in [1.29, 1.82) is 0 Å². The van der Waals surface area contributed by atoms with Gasteiger partial charge in [-0.15, -0.1) is 0 Å². The Kier molecular flexibility index (Phi) is 4.61. The van der Waals surface area contributed by atoms with Crippen LogP contribution in [0.4, 0.5) is 0 Å². The van der Waals surface area contributed by atoms with Gasteiger partial charge in [0.15, 0.2) is 5.78 Å². The first-order chi connectivity index (χ1) is 8.96. The summed E-state index contributed by atoms with van der Waals surface area (Å²) >= 11 is 5.80. The summed E-state index contributed by atoms with van der Waals surface area (Å²) in [5, 5.41) is 10.7. The summed E-state index contributed by atoms with van der Waals surface area (Å²) in [5.41, 5.74) is 0.0925. The SMILES string of the molecule is CC1(O)CCCN(CCC(=O)c2ccc(Cl)cc2)C1. The molecule has 104 valence electrons. The molecule has 1 atom stereocenters. The summed E-state index contributed by atoms with van der Waals surface area (Å²) < 4.78 is 0. The second kappa shape index (κ2) is 6.04. The Labute approximate surface area is 119 Å². The molecule has 0 aromatic heterocycles. The molecule has 0 saturated carbocycles. The quantitative estimate of drug-likeness (QED) is 0.863. The van der Waals surface area contributed by atoms with Crippen LogP contribution in [0.5, 0.6) is 0 Å². The monoisotopic (exact) mass is 281 g/mol. The Morgan fingerprint density at radius 3 is 2.74 bits per heavy atom. The van der Waals surface area contributed by atoms with Crippen LogP contribution in [0.15, 0.2) is 24.3 Å². The second-order valence-electron chi connectivity index (χ2n) is 5.56. The van der Waals surface area contributed by atoms with Crippen molar-refractivity contribution in [2.24, 2.45) is 0 Å². The average molecular weight is 282 g/mol. The normalized spacial score (nSPS) is 24.4. The summed E-state index contributed by atoms with van der Waals surface area (Å²) in [6.07, 6.45) is 2.31. The number of piperidine rings is 1. The number of benzene rings is 1. The highest BCUT2D eigenvalue weighted by Crippen LogP contribution is 2.20. The molecule has 0 bridgehead atoms. The number of hydrogen-bond acceptors (Lipinski definition) is 3. The summed E-state index contributed by atoms with van der Waals surface area (Å²) in [4.78, 5) is 14.2. The number of carbonyl (C=O) groups is 1. The minimum absolute atomic E-state index is 0.127. The van der Waals surface area contributed by atoms with Gasteiger partial charge in [-0.2, -0.15) is 0 Å². The topological polar surface area (TPSA) is 40.5 Å². The van der Waals surface area contributed by atoms with E-state index in [1.54, 1.807) is 24.3 Å². The standard InChI is InChI=1S/C15H20ClNO2/c1-15(19)8-2-9-17(11-15)10-7-14(18)12-3-5-13(16)6-4-12/h3-6,19H,2,7-11H2,1H3. The van der Waals surface area contributed by atoms with E-state index in [4.69, 9.17) is 11.6 Å². The molecule has 1 heterocycles. The van der Waals surface area contributed by atoms with Gasteiger partial charge in [-0.05, 0) is 50.6 Å². The van der Waals surface area contributed by atoms with Crippen LogP contribution in [0.1, 0.15) is 36.5 Å². The van der Waals surface area contributed by atoms with Crippen molar-refractivity contribution in [3.63, 3.8) is 0 Å². The third-order valence-corrected chi connectivity index (χ3v) is 3.83. The molecule has 1 unspecified atom stereocenters. The minimum atomic E-state index is -0.610. The number of carbonyl (C=O) groups excluding carboxylic acids is 1. The smallest absolute Gasteiger partial charge is 0.164 e. The molecule has 0 radical (unpaired) electrons. The number of hydrogen-bond donors (Lipinski definition) is 1. The molecule has 0 spiro atoms. The zero-order chi connectivity index (χ0) is 13.9. The molecule has 4 heteroatoms. The van der Waals surface area contributed by atoms with E-state index >= 15 is 0 Å². The Bertz CT molecular complexity index is 442. The minimum Gasteiger partial charge on any atom is -0.389 e. The van der Waals surface area contributed by atoms with Gasteiger partial charge < -0.3 is 10.0 Å². The van der Waals surface area contributed by atoms with Crippen LogP contribution < -0.4 is 0 Å². The van der Waals surface area contributed by atoms with Gasteiger partial charge in [0.25, 0.3) is 0 Å². The zero-order valence-electron chi connectivity index (χ0n) is 11.2. The van der Waals surface area contributed by atoms with Gasteiger partial charge in [0.05, 0.1) is 5.60 Å². The summed E-state index contributed by atoms with van der Waals surface area (Å²) in [5.74, 6) is 0.127. The molecule has 1 fully saturated rings. The highest BCUT2D eigenvalue weighted by atomic mass is 35.5. The fourth-order valence-electron chi connectivity index (χ4n) is 2.55. The molecule has 1 saturated heterocycles. The molecular weight excluding hydrogens is 262 g/mol. The molecule has 2 rings (SSSR count). The van der Waals surface area contributed by atoms with Crippen molar-refractivity contribution < 1.29 is 9.90 Å². The number of rotatable bonds is 4. The Morgan fingerprint density at radius 2 is 2.11 bits per heavy atom. The maximum absolute atomic E-state index is 12.0. The Morgan fingerprint density at radius 1 is 1.42 bits per heavy atom. The van der Waals surface area contributed by atoms with Crippen LogP contribution in [-0.2, 0) is 0 Å². The third-order valence-electron chi connectivity index (χ3n) is 3.58. The lowest BCUT2D eigenvalue weighted by atomic mass is 9.95. The maximum atomic E-state index is 12.0. The molecule has 1 aromatic carbocycles. The lowest BCUT2D eigenvalue weighted by Gasteiger charge is -2.36. The second-order valence-corrected chi connectivity index (χ2v) is 5.99. The van der Waals surface area contributed by atoms with Gasteiger partial charge in [0.2, 0.25) is 0 Å². The Hall–Kier alpha value is -0.900. The number of nitrogens with zero attached hydrogens (tertiary/aromatic N) is 1. The first-order valence-electron chi connectivity index (χ1n) is 6.70. The molecule has 1 aromatic rings. The Balaban J connectivity index is 1.85.